The Morgan fingerprint density at radius 2 is 0.963 bits per heavy atom. The van der Waals surface area contributed by atoms with Gasteiger partial charge in [0.05, 0.1) is 27.8 Å². The van der Waals surface area contributed by atoms with E-state index in [1.54, 1.807) is 0 Å². The zero-order chi connectivity index (χ0) is 35.4. The first-order chi connectivity index (χ1) is 26.7. The maximum Gasteiger partial charge on any atom is 0.165 e. The second kappa shape index (κ2) is 11.5. The molecule has 0 N–H and O–H groups in total. The highest BCUT2D eigenvalue weighted by Gasteiger charge is 2.53. The Labute approximate surface area is 314 Å². The molecule has 4 aliphatic carbocycles. The molecule has 9 aromatic rings. The molecule has 54 heavy (non-hydrogen) atoms. The van der Waals surface area contributed by atoms with E-state index < -0.39 is 0 Å². The van der Waals surface area contributed by atoms with E-state index in [1.807, 2.05) is 0 Å². The van der Waals surface area contributed by atoms with E-state index in [0.29, 0.717) is 0 Å². The molecule has 0 spiro atoms. The topological polar surface area (TPSA) is 48.5 Å². The van der Waals surface area contributed by atoms with Crippen molar-refractivity contribution in [2.24, 2.45) is 17.8 Å². The summed E-state index contributed by atoms with van der Waals surface area (Å²) in [5.41, 5.74) is 9.09. The van der Waals surface area contributed by atoms with Crippen LogP contribution in [0.25, 0.3) is 77.8 Å². The molecule has 0 amide bonds. The molecule has 0 saturated heterocycles. The minimum absolute atomic E-state index is 0.0426. The summed E-state index contributed by atoms with van der Waals surface area (Å²) in [4.78, 5) is 16.2. The first kappa shape index (κ1) is 30.4. The third-order valence-corrected chi connectivity index (χ3v) is 13.1. The first-order valence-electron chi connectivity index (χ1n) is 19.6. The summed E-state index contributed by atoms with van der Waals surface area (Å²) in [5.74, 6) is 4.95. The summed E-state index contributed by atoms with van der Waals surface area (Å²) in [6.07, 6.45) is 7.78. The molecule has 6 aromatic carbocycles. The largest absolute Gasteiger partial charge is 0.309 e. The Balaban J connectivity index is 1.07. The molecule has 0 atom stereocenters. The normalized spacial score (nSPS) is 21.9. The molecule has 13 rings (SSSR count). The summed E-state index contributed by atoms with van der Waals surface area (Å²) < 4.78 is 4.83. The molecule has 5 heteroatoms. The van der Waals surface area contributed by atoms with Crippen molar-refractivity contribution < 1.29 is 0 Å². The van der Waals surface area contributed by atoms with Crippen LogP contribution in [-0.2, 0) is 5.41 Å². The minimum atomic E-state index is 0.0426. The van der Waals surface area contributed by atoms with Crippen LogP contribution in [0.3, 0.4) is 0 Å². The van der Waals surface area contributed by atoms with Crippen LogP contribution >= 0.6 is 0 Å². The van der Waals surface area contributed by atoms with Crippen LogP contribution in [0.2, 0.25) is 0 Å². The van der Waals surface area contributed by atoms with Crippen molar-refractivity contribution in [3.8, 4) is 34.2 Å². The Bertz CT molecular complexity index is 2840. The van der Waals surface area contributed by atoms with Crippen LogP contribution < -0.4 is 0 Å². The van der Waals surface area contributed by atoms with Crippen molar-refractivity contribution in [2.45, 2.75) is 43.9 Å². The van der Waals surface area contributed by atoms with Crippen molar-refractivity contribution in [2.75, 3.05) is 0 Å². The standard InChI is InChI=1S/C49H39N5/c1-2-12-34(13-3-1)46-50-47(52-48(51-46)49-28-31-24-32(29-49)26-33(25-31)30-49)39-17-7-11-21-44(39)54-43-20-10-6-16-38(43)40-27-35(22-23-45(40)54)53-41-18-8-4-14-36(41)37-15-5-9-19-42(37)53/h1-23,27,31-33H,24-26,28-30H2. The van der Waals surface area contributed by atoms with E-state index in [1.165, 1.54) is 71.1 Å². The Morgan fingerprint density at radius 3 is 1.63 bits per heavy atom. The molecule has 0 aliphatic heterocycles. The van der Waals surface area contributed by atoms with Crippen molar-refractivity contribution in [1.82, 2.24) is 24.1 Å². The van der Waals surface area contributed by atoms with Gasteiger partial charge in [0.2, 0.25) is 0 Å². The van der Waals surface area contributed by atoms with Gasteiger partial charge in [0.25, 0.3) is 0 Å². The van der Waals surface area contributed by atoms with Crippen LogP contribution in [0.5, 0.6) is 0 Å². The molecule has 0 unspecified atom stereocenters. The van der Waals surface area contributed by atoms with Gasteiger partial charge < -0.3 is 9.13 Å². The van der Waals surface area contributed by atoms with Gasteiger partial charge in [-0.25, -0.2) is 15.0 Å². The van der Waals surface area contributed by atoms with Crippen molar-refractivity contribution in [3.63, 3.8) is 0 Å². The van der Waals surface area contributed by atoms with Gasteiger partial charge in [-0.05, 0) is 105 Å². The number of para-hydroxylation sites is 4. The minimum Gasteiger partial charge on any atom is -0.309 e. The summed E-state index contributed by atoms with van der Waals surface area (Å²) in [6, 6.07) is 52.4. The van der Waals surface area contributed by atoms with Crippen molar-refractivity contribution >= 4 is 43.6 Å². The van der Waals surface area contributed by atoms with Crippen LogP contribution in [0.1, 0.15) is 44.3 Å². The van der Waals surface area contributed by atoms with Gasteiger partial charge >= 0.3 is 0 Å². The van der Waals surface area contributed by atoms with Crippen LogP contribution in [0.15, 0.2) is 146 Å². The Hall–Kier alpha value is -6.07. The number of aromatic nitrogens is 5. The van der Waals surface area contributed by atoms with Gasteiger partial charge in [0, 0.05) is 43.8 Å². The van der Waals surface area contributed by atoms with Gasteiger partial charge in [-0.3, -0.25) is 0 Å². The van der Waals surface area contributed by atoms with Gasteiger partial charge in [-0.15, -0.1) is 0 Å². The fraction of sp³-hybridized carbons (Fsp3) is 0.204. The van der Waals surface area contributed by atoms with E-state index in [4.69, 9.17) is 15.0 Å². The Morgan fingerprint density at radius 1 is 0.444 bits per heavy atom. The smallest absolute Gasteiger partial charge is 0.165 e. The highest BCUT2D eigenvalue weighted by Crippen LogP contribution is 2.60. The number of hydrogen-bond acceptors (Lipinski definition) is 3. The fourth-order valence-electron chi connectivity index (χ4n) is 11.3. The van der Waals surface area contributed by atoms with Crippen molar-refractivity contribution in [1.29, 1.82) is 0 Å². The second-order valence-electron chi connectivity index (χ2n) is 16.3. The van der Waals surface area contributed by atoms with E-state index in [-0.39, 0.29) is 5.41 Å². The molecule has 0 radical (unpaired) electrons. The highest BCUT2D eigenvalue weighted by molar-refractivity contribution is 6.12. The highest BCUT2D eigenvalue weighted by atomic mass is 15.1. The lowest BCUT2D eigenvalue weighted by Crippen LogP contribution is -2.49. The molecular weight excluding hydrogens is 659 g/mol. The van der Waals surface area contributed by atoms with Gasteiger partial charge in [-0.2, -0.15) is 0 Å². The number of benzene rings is 6. The van der Waals surface area contributed by atoms with E-state index in [9.17, 15) is 0 Å². The summed E-state index contributed by atoms with van der Waals surface area (Å²) in [6.45, 7) is 0. The van der Waals surface area contributed by atoms with Crippen molar-refractivity contribution in [3.05, 3.63) is 151 Å². The summed E-state index contributed by atoms with van der Waals surface area (Å²) in [7, 11) is 0. The molecular formula is C49H39N5. The number of nitrogens with zero attached hydrogens (tertiary/aromatic N) is 5. The molecule has 260 valence electrons. The summed E-state index contributed by atoms with van der Waals surface area (Å²) in [5, 5.41) is 4.98. The molecule has 3 aromatic heterocycles. The Kier molecular flexibility index (Phi) is 6.45. The zero-order valence-electron chi connectivity index (χ0n) is 30.1. The zero-order valence-corrected chi connectivity index (χ0v) is 30.1. The van der Waals surface area contributed by atoms with E-state index in [0.717, 1.165) is 68.8 Å². The molecule has 4 bridgehead atoms. The number of fused-ring (bicyclic) bond motifs is 6. The first-order valence-corrected chi connectivity index (χ1v) is 19.6. The monoisotopic (exact) mass is 697 g/mol. The van der Waals surface area contributed by atoms with Gasteiger partial charge in [0.15, 0.2) is 11.6 Å². The van der Waals surface area contributed by atoms with E-state index in [2.05, 4.69) is 155 Å². The van der Waals surface area contributed by atoms with Gasteiger partial charge in [0.1, 0.15) is 5.82 Å². The predicted octanol–water partition coefficient (Wildman–Crippen LogP) is 11.9. The average Bonchev–Trinajstić information content (AvgIpc) is 3.73. The molecule has 5 nitrogen and oxygen atoms in total. The summed E-state index contributed by atoms with van der Waals surface area (Å²) >= 11 is 0. The second-order valence-corrected chi connectivity index (χ2v) is 16.3. The molecule has 4 aliphatic rings. The lowest BCUT2D eigenvalue weighted by molar-refractivity contribution is -0.00938. The van der Waals surface area contributed by atoms with Gasteiger partial charge in [-0.1, -0.05) is 97.1 Å². The van der Waals surface area contributed by atoms with Crippen LogP contribution in [-0.4, -0.2) is 24.1 Å². The van der Waals surface area contributed by atoms with Crippen LogP contribution in [0.4, 0.5) is 0 Å². The third-order valence-electron chi connectivity index (χ3n) is 13.1. The van der Waals surface area contributed by atoms with E-state index >= 15 is 0 Å². The molecule has 4 fully saturated rings. The predicted molar refractivity (Wildman–Crippen MR) is 219 cm³/mol. The third kappa shape index (κ3) is 4.48. The fourth-order valence-corrected chi connectivity index (χ4v) is 11.3. The lowest BCUT2D eigenvalue weighted by Gasteiger charge is -2.56. The molecule has 3 heterocycles. The lowest BCUT2D eigenvalue weighted by atomic mass is 9.49. The number of hydrogen-bond donors (Lipinski definition) is 0. The molecule has 4 saturated carbocycles. The SMILES string of the molecule is c1ccc(-c2nc(-c3ccccc3-n3c4ccccc4c4cc(-n5c6ccccc6c6ccccc65)ccc43)nc(C34CC5CC(CC(C5)C3)C4)n2)cc1. The number of rotatable bonds is 5. The quantitative estimate of drug-likeness (QED) is 0.180. The maximum absolute atomic E-state index is 5.52. The van der Waals surface area contributed by atoms with Crippen LogP contribution in [0, 0.1) is 17.8 Å². The average molecular weight is 698 g/mol. The maximum atomic E-state index is 5.52.